The Morgan fingerprint density at radius 3 is 2.57 bits per heavy atom. The number of aromatic carboxylic acids is 1. The van der Waals surface area contributed by atoms with Crippen molar-refractivity contribution >= 4 is 23.3 Å². The lowest BCUT2D eigenvalue weighted by molar-refractivity contribution is -0.384. The van der Waals surface area contributed by atoms with Gasteiger partial charge in [0.2, 0.25) is 5.91 Å². The van der Waals surface area contributed by atoms with Gasteiger partial charge < -0.3 is 15.2 Å². The molecule has 0 atom stereocenters. The van der Waals surface area contributed by atoms with E-state index < -0.39 is 16.8 Å². The number of ether oxygens (including phenoxy) is 1. The fourth-order valence-electron chi connectivity index (χ4n) is 2.60. The van der Waals surface area contributed by atoms with Gasteiger partial charge in [-0.3, -0.25) is 19.6 Å². The number of carbonyl (C=O) groups is 2. The molecule has 154 valence electrons. The van der Waals surface area contributed by atoms with Crippen LogP contribution in [0.1, 0.15) is 22.3 Å². The van der Waals surface area contributed by atoms with Crippen LogP contribution in [0.2, 0.25) is 0 Å². The number of aromatic nitrogens is 2. The number of nitrogens with one attached hydrogen (secondary N) is 1. The van der Waals surface area contributed by atoms with E-state index in [0.717, 1.165) is 5.56 Å². The molecule has 30 heavy (non-hydrogen) atoms. The third-order valence-electron chi connectivity index (χ3n) is 4.09. The first-order valence-corrected chi connectivity index (χ1v) is 8.90. The molecule has 3 aromatic rings. The number of aryl methyl sites for hydroxylation is 2. The van der Waals surface area contributed by atoms with E-state index in [1.165, 1.54) is 35.3 Å². The van der Waals surface area contributed by atoms with E-state index >= 15 is 0 Å². The predicted molar refractivity (Wildman–Crippen MR) is 107 cm³/mol. The largest absolute Gasteiger partial charge is 0.478 e. The minimum absolute atomic E-state index is 0.00240. The number of nitro groups is 1. The molecule has 1 amide bonds. The molecular weight excluding hydrogens is 392 g/mol. The molecule has 0 aliphatic rings. The third-order valence-corrected chi connectivity index (χ3v) is 4.09. The molecule has 1 aromatic heterocycles. The number of rotatable bonds is 8. The van der Waals surface area contributed by atoms with Crippen molar-refractivity contribution in [2.24, 2.45) is 0 Å². The summed E-state index contributed by atoms with van der Waals surface area (Å²) in [5.41, 5.74) is 1.05. The van der Waals surface area contributed by atoms with Crippen molar-refractivity contribution in [3.63, 3.8) is 0 Å². The van der Waals surface area contributed by atoms with Crippen LogP contribution >= 0.6 is 0 Å². The highest BCUT2D eigenvalue weighted by atomic mass is 16.6. The van der Waals surface area contributed by atoms with Crippen LogP contribution in [0.25, 0.3) is 0 Å². The van der Waals surface area contributed by atoms with Crippen LogP contribution in [0.3, 0.4) is 0 Å². The summed E-state index contributed by atoms with van der Waals surface area (Å²) >= 11 is 0. The van der Waals surface area contributed by atoms with Gasteiger partial charge in [0.05, 0.1) is 28.4 Å². The van der Waals surface area contributed by atoms with Crippen molar-refractivity contribution in [3.8, 4) is 11.5 Å². The average molecular weight is 410 g/mol. The monoisotopic (exact) mass is 410 g/mol. The van der Waals surface area contributed by atoms with Gasteiger partial charge in [0.25, 0.3) is 5.69 Å². The van der Waals surface area contributed by atoms with E-state index in [1.54, 1.807) is 12.1 Å². The lowest BCUT2D eigenvalue weighted by Crippen LogP contribution is -2.15. The van der Waals surface area contributed by atoms with E-state index in [2.05, 4.69) is 10.4 Å². The Labute approximate surface area is 170 Å². The summed E-state index contributed by atoms with van der Waals surface area (Å²) in [6, 6.07) is 11.2. The summed E-state index contributed by atoms with van der Waals surface area (Å²) in [6.07, 6.45) is 2.50. The quantitative estimate of drug-likeness (QED) is 0.427. The van der Waals surface area contributed by atoms with Crippen LogP contribution in [-0.4, -0.2) is 31.7 Å². The Balaban J connectivity index is 1.69. The number of carboxylic acids is 1. The number of hydrogen-bond acceptors (Lipinski definition) is 6. The lowest BCUT2D eigenvalue weighted by atomic mass is 10.2. The van der Waals surface area contributed by atoms with E-state index in [-0.39, 0.29) is 35.7 Å². The van der Waals surface area contributed by atoms with Gasteiger partial charge in [-0.1, -0.05) is 17.7 Å². The smallest absolute Gasteiger partial charge is 0.338 e. The Kier molecular flexibility index (Phi) is 6.06. The second kappa shape index (κ2) is 8.86. The normalized spacial score (nSPS) is 10.4. The molecule has 2 aromatic carbocycles. The molecule has 0 bridgehead atoms. The van der Waals surface area contributed by atoms with E-state index in [0.29, 0.717) is 5.75 Å². The van der Waals surface area contributed by atoms with Crippen molar-refractivity contribution in [2.45, 2.75) is 19.9 Å². The van der Waals surface area contributed by atoms with Crippen molar-refractivity contribution in [1.82, 2.24) is 9.78 Å². The van der Waals surface area contributed by atoms with Crippen LogP contribution in [0.4, 0.5) is 11.4 Å². The maximum absolute atomic E-state index is 12.2. The fraction of sp³-hybridized carbons (Fsp3) is 0.150. The molecule has 0 unspecified atom stereocenters. The Morgan fingerprint density at radius 2 is 1.93 bits per heavy atom. The molecule has 0 aliphatic heterocycles. The van der Waals surface area contributed by atoms with Crippen molar-refractivity contribution in [1.29, 1.82) is 0 Å². The molecule has 0 fully saturated rings. The summed E-state index contributed by atoms with van der Waals surface area (Å²) in [5.74, 6) is -0.805. The van der Waals surface area contributed by atoms with Gasteiger partial charge in [-0.2, -0.15) is 5.10 Å². The second-order valence-electron chi connectivity index (χ2n) is 6.48. The number of amides is 1. The minimum atomic E-state index is -1.11. The first-order chi connectivity index (χ1) is 14.3. The van der Waals surface area contributed by atoms with Crippen LogP contribution in [-0.2, 0) is 11.3 Å². The zero-order valence-electron chi connectivity index (χ0n) is 15.9. The number of carbonyl (C=O) groups excluding carboxylic acids is 1. The number of hydrogen-bond donors (Lipinski definition) is 2. The maximum atomic E-state index is 12.2. The van der Waals surface area contributed by atoms with Crippen molar-refractivity contribution in [2.75, 3.05) is 5.32 Å². The standard InChI is InChI=1S/C20H18N4O6/c1-13-2-4-17(5-3-13)30-18-9-15(8-16(10-18)24(28)29)22-19(25)6-7-23-12-14(11-21-23)20(26)27/h2-5,8-12H,6-7H2,1H3,(H,22,25)(H,26,27). The molecule has 0 aliphatic carbocycles. The lowest BCUT2D eigenvalue weighted by Gasteiger charge is -2.10. The van der Waals surface area contributed by atoms with Crippen LogP contribution in [0.15, 0.2) is 54.9 Å². The van der Waals surface area contributed by atoms with Crippen LogP contribution in [0, 0.1) is 17.0 Å². The van der Waals surface area contributed by atoms with Gasteiger partial charge in [-0.15, -0.1) is 0 Å². The number of benzene rings is 2. The van der Waals surface area contributed by atoms with Gasteiger partial charge in [-0.05, 0) is 19.1 Å². The molecule has 3 rings (SSSR count). The zero-order valence-corrected chi connectivity index (χ0v) is 15.9. The summed E-state index contributed by atoms with van der Waals surface area (Å²) in [7, 11) is 0. The molecule has 10 nitrogen and oxygen atoms in total. The van der Waals surface area contributed by atoms with Gasteiger partial charge in [0.15, 0.2) is 0 Å². The van der Waals surface area contributed by atoms with Gasteiger partial charge in [0, 0.05) is 31.3 Å². The molecule has 1 heterocycles. The number of carboxylic acid groups (broad SMARTS) is 1. The van der Waals surface area contributed by atoms with Crippen molar-refractivity contribution in [3.05, 3.63) is 76.1 Å². The molecule has 0 saturated heterocycles. The van der Waals surface area contributed by atoms with Crippen molar-refractivity contribution < 1.29 is 24.4 Å². The third kappa shape index (κ3) is 5.41. The predicted octanol–water partition coefficient (Wildman–Crippen LogP) is 3.62. The highest BCUT2D eigenvalue weighted by Gasteiger charge is 2.14. The molecule has 0 radical (unpaired) electrons. The molecule has 0 saturated carbocycles. The van der Waals surface area contributed by atoms with E-state index in [1.807, 2.05) is 19.1 Å². The number of non-ortho nitro benzene ring substituents is 1. The van der Waals surface area contributed by atoms with E-state index in [4.69, 9.17) is 9.84 Å². The van der Waals surface area contributed by atoms with Gasteiger partial charge in [-0.25, -0.2) is 4.79 Å². The van der Waals surface area contributed by atoms with Gasteiger partial charge in [0.1, 0.15) is 11.5 Å². The Bertz CT molecular complexity index is 1090. The molecule has 10 heteroatoms. The fourth-order valence-corrected chi connectivity index (χ4v) is 2.60. The highest BCUT2D eigenvalue weighted by Crippen LogP contribution is 2.30. The summed E-state index contributed by atoms with van der Waals surface area (Å²) < 4.78 is 7.01. The SMILES string of the molecule is Cc1ccc(Oc2cc(NC(=O)CCn3cc(C(=O)O)cn3)cc([N+](=O)[O-])c2)cc1. The van der Waals surface area contributed by atoms with Crippen LogP contribution in [0.5, 0.6) is 11.5 Å². The van der Waals surface area contributed by atoms with Crippen LogP contribution < -0.4 is 10.1 Å². The first kappa shape index (κ1) is 20.5. The highest BCUT2D eigenvalue weighted by molar-refractivity contribution is 5.91. The Hall–Kier alpha value is -4.21. The summed E-state index contributed by atoms with van der Waals surface area (Å²) in [5, 5.41) is 26.6. The topological polar surface area (TPSA) is 137 Å². The second-order valence-corrected chi connectivity index (χ2v) is 6.48. The maximum Gasteiger partial charge on any atom is 0.338 e. The molecule has 0 spiro atoms. The summed E-state index contributed by atoms with van der Waals surface area (Å²) in [6.45, 7) is 2.08. The average Bonchev–Trinajstić information content (AvgIpc) is 3.17. The van der Waals surface area contributed by atoms with E-state index in [9.17, 15) is 19.7 Å². The Morgan fingerprint density at radius 1 is 1.20 bits per heavy atom. The zero-order chi connectivity index (χ0) is 21.7. The number of anilines is 1. The summed E-state index contributed by atoms with van der Waals surface area (Å²) in [4.78, 5) is 33.8. The number of nitro benzene ring substituents is 1. The molecular formula is C20H18N4O6. The first-order valence-electron chi connectivity index (χ1n) is 8.90. The number of nitrogens with zero attached hydrogens (tertiary/aromatic N) is 3. The minimum Gasteiger partial charge on any atom is -0.478 e. The van der Waals surface area contributed by atoms with Gasteiger partial charge >= 0.3 is 5.97 Å². The molecule has 2 N–H and O–H groups in total.